The maximum atomic E-state index is 14.0. The molecule has 0 bridgehead atoms. The fourth-order valence-corrected chi connectivity index (χ4v) is 4.14. The van der Waals surface area contributed by atoms with Gasteiger partial charge in [0.1, 0.15) is 22.6 Å². The van der Waals surface area contributed by atoms with Crippen molar-refractivity contribution in [2.45, 2.75) is 18.9 Å². The molecule has 1 aliphatic rings. The van der Waals surface area contributed by atoms with E-state index >= 15 is 0 Å². The highest BCUT2D eigenvalue weighted by Crippen LogP contribution is 2.29. The number of benzene rings is 2. The van der Waals surface area contributed by atoms with Gasteiger partial charge in [-0.05, 0) is 49.2 Å². The number of nitrogens with one attached hydrogen (secondary N) is 1. The number of carbonyl (C=O) groups is 2. The van der Waals surface area contributed by atoms with Crippen molar-refractivity contribution in [3.63, 3.8) is 0 Å². The molecule has 1 fully saturated rings. The summed E-state index contributed by atoms with van der Waals surface area (Å²) in [5, 5.41) is 11.9. The third-order valence-electron chi connectivity index (χ3n) is 4.91. The van der Waals surface area contributed by atoms with E-state index in [1.807, 2.05) is 24.3 Å². The molecule has 4 rings (SSSR count). The number of hydrogen-bond acceptors (Lipinski definition) is 6. The fourth-order valence-electron chi connectivity index (χ4n) is 3.38. The van der Waals surface area contributed by atoms with Crippen molar-refractivity contribution in [2.24, 2.45) is 0 Å². The number of aromatic nitrogens is 2. The van der Waals surface area contributed by atoms with Gasteiger partial charge in [0, 0.05) is 12.1 Å². The zero-order valence-electron chi connectivity index (χ0n) is 16.2. The van der Waals surface area contributed by atoms with Crippen LogP contribution in [0.5, 0.6) is 5.75 Å². The van der Waals surface area contributed by atoms with Crippen LogP contribution in [0, 0.1) is 5.82 Å². The van der Waals surface area contributed by atoms with Crippen LogP contribution in [0.4, 0.5) is 9.52 Å². The van der Waals surface area contributed by atoms with Crippen LogP contribution < -0.4 is 10.1 Å². The van der Waals surface area contributed by atoms with Crippen molar-refractivity contribution in [2.75, 3.05) is 19.0 Å². The van der Waals surface area contributed by atoms with E-state index < -0.39 is 17.8 Å². The molecule has 0 spiro atoms. The van der Waals surface area contributed by atoms with Crippen LogP contribution in [0.2, 0.25) is 0 Å². The second kappa shape index (κ2) is 8.58. The van der Waals surface area contributed by atoms with Gasteiger partial charge in [-0.3, -0.25) is 14.9 Å². The van der Waals surface area contributed by atoms with Gasteiger partial charge in [0.05, 0.1) is 12.7 Å². The topological polar surface area (TPSA) is 84.4 Å². The Morgan fingerprint density at radius 1 is 1.17 bits per heavy atom. The first-order valence-corrected chi connectivity index (χ1v) is 10.2. The summed E-state index contributed by atoms with van der Waals surface area (Å²) in [5.41, 5.74) is 0.820. The summed E-state index contributed by atoms with van der Waals surface area (Å²) < 4.78 is 19.2. The summed E-state index contributed by atoms with van der Waals surface area (Å²) in [5.74, 6) is -0.698. The molecule has 7 nitrogen and oxygen atoms in total. The van der Waals surface area contributed by atoms with Crippen molar-refractivity contribution in [1.29, 1.82) is 0 Å². The highest BCUT2D eigenvalue weighted by Gasteiger charge is 2.35. The molecule has 1 atom stereocenters. The summed E-state index contributed by atoms with van der Waals surface area (Å²) in [6.45, 7) is 0.401. The number of methoxy groups -OCH3 is 1. The number of ether oxygens (including phenoxy) is 1. The average Bonchev–Trinajstić information content (AvgIpc) is 3.43. The van der Waals surface area contributed by atoms with Crippen LogP contribution in [-0.4, -0.2) is 46.6 Å². The molecule has 30 heavy (non-hydrogen) atoms. The Bertz CT molecular complexity index is 1070. The lowest BCUT2D eigenvalue weighted by molar-refractivity contribution is -0.119. The Morgan fingerprint density at radius 2 is 1.93 bits per heavy atom. The summed E-state index contributed by atoms with van der Waals surface area (Å²) in [4.78, 5) is 27.0. The number of carbonyl (C=O) groups excluding carboxylic acids is 2. The van der Waals surface area contributed by atoms with Crippen LogP contribution in [-0.2, 0) is 4.79 Å². The maximum Gasteiger partial charge on any atom is 0.257 e. The molecule has 2 amide bonds. The van der Waals surface area contributed by atoms with Gasteiger partial charge < -0.3 is 9.64 Å². The molecule has 1 aliphatic heterocycles. The van der Waals surface area contributed by atoms with Crippen molar-refractivity contribution in [3.8, 4) is 16.3 Å². The van der Waals surface area contributed by atoms with E-state index in [2.05, 4.69) is 15.5 Å². The predicted molar refractivity (Wildman–Crippen MR) is 111 cm³/mol. The van der Waals surface area contributed by atoms with E-state index in [1.165, 1.54) is 34.4 Å². The normalized spacial score (nSPS) is 15.8. The first-order valence-electron chi connectivity index (χ1n) is 9.41. The summed E-state index contributed by atoms with van der Waals surface area (Å²) >= 11 is 1.24. The minimum atomic E-state index is -0.676. The molecular formula is C21H19FN4O3S. The Balaban J connectivity index is 1.46. The largest absolute Gasteiger partial charge is 0.497 e. The lowest BCUT2D eigenvalue weighted by atomic mass is 10.1. The van der Waals surface area contributed by atoms with Gasteiger partial charge in [0.2, 0.25) is 11.0 Å². The van der Waals surface area contributed by atoms with Crippen LogP contribution in [0.15, 0.2) is 48.5 Å². The minimum absolute atomic E-state index is 0.0325. The SMILES string of the molecule is COc1ccc(-c2nnc(NC(=O)C3CCCN3C(=O)c3ccccc3F)s2)cc1. The van der Waals surface area contributed by atoms with Crippen LogP contribution >= 0.6 is 11.3 Å². The zero-order valence-corrected chi connectivity index (χ0v) is 17.0. The van der Waals surface area contributed by atoms with E-state index in [4.69, 9.17) is 4.74 Å². The van der Waals surface area contributed by atoms with E-state index in [0.717, 1.165) is 11.3 Å². The number of nitrogens with zero attached hydrogens (tertiary/aromatic N) is 3. The number of halogens is 1. The van der Waals surface area contributed by atoms with Gasteiger partial charge in [-0.2, -0.15) is 0 Å². The second-order valence-electron chi connectivity index (χ2n) is 6.77. The first-order chi connectivity index (χ1) is 14.6. The third kappa shape index (κ3) is 4.02. The monoisotopic (exact) mass is 426 g/mol. The molecule has 1 unspecified atom stereocenters. The molecule has 2 aromatic carbocycles. The Labute approximate surface area is 176 Å². The molecule has 154 valence electrons. The average molecular weight is 426 g/mol. The first kappa shape index (κ1) is 20.0. The predicted octanol–water partition coefficient (Wildman–Crippen LogP) is 3.60. The molecule has 0 saturated carbocycles. The molecular weight excluding hydrogens is 407 g/mol. The molecule has 1 saturated heterocycles. The Hall–Kier alpha value is -3.33. The number of hydrogen-bond donors (Lipinski definition) is 1. The van der Waals surface area contributed by atoms with Crippen LogP contribution in [0.3, 0.4) is 0 Å². The van der Waals surface area contributed by atoms with Crippen LogP contribution in [0.25, 0.3) is 10.6 Å². The number of likely N-dealkylation sites (tertiary alicyclic amines) is 1. The smallest absolute Gasteiger partial charge is 0.257 e. The molecule has 2 heterocycles. The molecule has 0 radical (unpaired) electrons. The van der Waals surface area contributed by atoms with E-state index in [-0.39, 0.29) is 11.5 Å². The third-order valence-corrected chi connectivity index (χ3v) is 5.80. The van der Waals surface area contributed by atoms with Crippen molar-refractivity contribution in [1.82, 2.24) is 15.1 Å². The van der Waals surface area contributed by atoms with Gasteiger partial charge in [-0.1, -0.05) is 23.5 Å². The van der Waals surface area contributed by atoms with Gasteiger partial charge in [0.15, 0.2) is 0 Å². The molecule has 9 heteroatoms. The van der Waals surface area contributed by atoms with Gasteiger partial charge in [-0.25, -0.2) is 4.39 Å². The minimum Gasteiger partial charge on any atom is -0.497 e. The maximum absolute atomic E-state index is 14.0. The lowest BCUT2D eigenvalue weighted by Gasteiger charge is -2.23. The highest BCUT2D eigenvalue weighted by atomic mass is 32.1. The fraction of sp³-hybridized carbons (Fsp3) is 0.238. The summed E-state index contributed by atoms with van der Waals surface area (Å²) in [6.07, 6.45) is 1.18. The number of rotatable bonds is 5. The summed E-state index contributed by atoms with van der Waals surface area (Å²) in [6, 6.07) is 12.5. The molecule has 3 aromatic rings. The van der Waals surface area contributed by atoms with E-state index in [0.29, 0.717) is 29.5 Å². The van der Waals surface area contributed by atoms with Crippen molar-refractivity contribution >= 4 is 28.3 Å². The van der Waals surface area contributed by atoms with E-state index in [1.54, 1.807) is 13.2 Å². The zero-order chi connectivity index (χ0) is 21.1. The number of anilines is 1. The van der Waals surface area contributed by atoms with Gasteiger partial charge >= 0.3 is 0 Å². The Morgan fingerprint density at radius 3 is 2.67 bits per heavy atom. The van der Waals surface area contributed by atoms with E-state index in [9.17, 15) is 14.0 Å². The second-order valence-corrected chi connectivity index (χ2v) is 7.74. The van der Waals surface area contributed by atoms with Crippen molar-refractivity contribution in [3.05, 3.63) is 59.9 Å². The number of amides is 2. The van der Waals surface area contributed by atoms with Crippen molar-refractivity contribution < 1.29 is 18.7 Å². The molecule has 0 aliphatic carbocycles. The quantitative estimate of drug-likeness (QED) is 0.674. The molecule has 1 aromatic heterocycles. The van der Waals surface area contributed by atoms with Gasteiger partial charge in [-0.15, -0.1) is 10.2 Å². The standard InChI is InChI=1S/C21H19FN4O3S/c1-29-14-10-8-13(9-11-14)19-24-25-21(30-19)23-18(27)17-7-4-12-26(17)20(28)15-5-2-3-6-16(15)22/h2-3,5-6,8-11,17H,4,7,12H2,1H3,(H,23,25,27). The lowest BCUT2D eigenvalue weighted by Crippen LogP contribution is -2.43. The van der Waals surface area contributed by atoms with Crippen LogP contribution in [0.1, 0.15) is 23.2 Å². The van der Waals surface area contributed by atoms with Gasteiger partial charge in [0.25, 0.3) is 5.91 Å². The molecule has 1 N–H and O–H groups in total. The summed E-state index contributed by atoms with van der Waals surface area (Å²) in [7, 11) is 1.59. The highest BCUT2D eigenvalue weighted by molar-refractivity contribution is 7.18. The Kier molecular flexibility index (Phi) is 5.71.